The van der Waals surface area contributed by atoms with E-state index in [0.717, 1.165) is 5.19 Å². The Bertz CT molecular complexity index is 654. The number of aliphatic hydroxyl groups is 1. The van der Waals surface area contributed by atoms with Crippen molar-refractivity contribution in [3.05, 3.63) is 30.3 Å². The largest absolute Gasteiger partial charge is 0.458 e. The zero-order valence-electron chi connectivity index (χ0n) is 16.3. The van der Waals surface area contributed by atoms with Crippen LogP contribution >= 0.6 is 0 Å². The summed E-state index contributed by atoms with van der Waals surface area (Å²) in [5.74, 6) is -0.525. The maximum atomic E-state index is 12.5. The third kappa shape index (κ3) is 4.45. The summed E-state index contributed by atoms with van der Waals surface area (Å²) in [6.07, 6.45) is -2.15. The summed E-state index contributed by atoms with van der Waals surface area (Å²) >= 11 is 0. The van der Waals surface area contributed by atoms with Gasteiger partial charge in [-0.15, -0.1) is 0 Å². The van der Waals surface area contributed by atoms with Crippen molar-refractivity contribution in [1.82, 2.24) is 5.32 Å². The molecule has 1 saturated heterocycles. The molecular formula is C19H29NO5Si. The zero-order valence-corrected chi connectivity index (χ0v) is 17.3. The van der Waals surface area contributed by atoms with E-state index in [0.29, 0.717) is 0 Å². The molecule has 2 N–H and O–H groups in total. The van der Waals surface area contributed by atoms with Gasteiger partial charge in [0, 0.05) is 5.54 Å². The van der Waals surface area contributed by atoms with Crippen LogP contribution < -0.4 is 10.5 Å². The maximum absolute atomic E-state index is 12.5. The smallest absolute Gasteiger partial charge is 0.408 e. The average molecular weight is 380 g/mol. The molecule has 1 fully saturated rings. The van der Waals surface area contributed by atoms with Crippen LogP contribution in [0.2, 0.25) is 18.6 Å². The molecule has 6 nitrogen and oxygen atoms in total. The van der Waals surface area contributed by atoms with Crippen molar-refractivity contribution in [3.8, 4) is 0 Å². The molecule has 1 amide bonds. The van der Waals surface area contributed by atoms with E-state index < -0.39 is 44.0 Å². The molecule has 4 atom stereocenters. The second kappa shape index (κ2) is 7.40. The van der Waals surface area contributed by atoms with Gasteiger partial charge in [0.2, 0.25) is 0 Å². The van der Waals surface area contributed by atoms with Crippen LogP contribution in [0, 0.1) is 0 Å². The number of cyclic esters (lactones) is 1. The molecule has 2 rings (SSSR count). The second-order valence-corrected chi connectivity index (χ2v) is 13.1. The molecule has 144 valence electrons. The lowest BCUT2D eigenvalue weighted by Gasteiger charge is -2.36. The van der Waals surface area contributed by atoms with E-state index in [2.05, 4.69) is 18.4 Å². The van der Waals surface area contributed by atoms with E-state index in [1.54, 1.807) is 27.7 Å². The number of alkyl carbamates (subject to hydrolysis) is 1. The Labute approximate surface area is 155 Å². The molecule has 0 bridgehead atoms. The first kappa shape index (κ1) is 20.4. The normalized spacial score (nSPS) is 24.7. The van der Waals surface area contributed by atoms with Gasteiger partial charge in [-0.2, -0.15) is 0 Å². The fourth-order valence-corrected chi connectivity index (χ4v) is 7.14. The number of amides is 1. The minimum atomic E-state index is -2.28. The predicted molar refractivity (Wildman–Crippen MR) is 102 cm³/mol. The molecular weight excluding hydrogens is 350 g/mol. The molecule has 26 heavy (non-hydrogen) atoms. The minimum absolute atomic E-state index is 0.315. The first-order valence-corrected chi connectivity index (χ1v) is 11.9. The molecule has 1 aromatic carbocycles. The number of benzene rings is 1. The molecule has 0 spiro atoms. The number of hydrogen-bond donors (Lipinski definition) is 2. The predicted octanol–water partition coefficient (Wildman–Crippen LogP) is 2.17. The summed E-state index contributed by atoms with van der Waals surface area (Å²) in [7, 11) is -2.28. The number of ether oxygens (including phenoxy) is 2. The lowest BCUT2D eigenvalue weighted by molar-refractivity contribution is -0.146. The van der Waals surface area contributed by atoms with Gasteiger partial charge >= 0.3 is 12.1 Å². The number of rotatable bonds is 4. The molecule has 0 saturated carbocycles. The number of hydrogen-bond acceptors (Lipinski definition) is 5. The van der Waals surface area contributed by atoms with Crippen molar-refractivity contribution in [2.45, 2.75) is 70.2 Å². The highest BCUT2D eigenvalue weighted by molar-refractivity contribution is 6.91. The fourth-order valence-electron chi connectivity index (χ4n) is 3.49. The topological polar surface area (TPSA) is 84.9 Å². The first-order valence-electron chi connectivity index (χ1n) is 8.87. The van der Waals surface area contributed by atoms with Crippen LogP contribution in [0.25, 0.3) is 0 Å². The maximum Gasteiger partial charge on any atom is 0.408 e. The van der Waals surface area contributed by atoms with Crippen LogP contribution in [0.1, 0.15) is 27.7 Å². The summed E-state index contributed by atoms with van der Waals surface area (Å²) < 4.78 is 10.8. The first-order chi connectivity index (χ1) is 11.9. The van der Waals surface area contributed by atoms with Crippen LogP contribution in [0.5, 0.6) is 0 Å². The van der Waals surface area contributed by atoms with Crippen LogP contribution in [-0.4, -0.2) is 49.1 Å². The van der Waals surface area contributed by atoms with Gasteiger partial charge in [0.15, 0.2) is 0 Å². The quantitative estimate of drug-likeness (QED) is 0.619. The van der Waals surface area contributed by atoms with Crippen LogP contribution in [-0.2, 0) is 14.3 Å². The molecule has 0 aliphatic carbocycles. The van der Waals surface area contributed by atoms with Gasteiger partial charge in [-0.05, 0) is 27.7 Å². The molecule has 1 aliphatic rings. The third-order valence-electron chi connectivity index (χ3n) is 4.72. The van der Waals surface area contributed by atoms with Crippen molar-refractivity contribution in [1.29, 1.82) is 0 Å². The lowest BCUT2D eigenvalue weighted by Crippen LogP contribution is -2.57. The minimum Gasteiger partial charge on any atom is -0.458 e. The van der Waals surface area contributed by atoms with Crippen molar-refractivity contribution in [2.24, 2.45) is 0 Å². The van der Waals surface area contributed by atoms with E-state index >= 15 is 0 Å². The third-order valence-corrected chi connectivity index (χ3v) is 8.87. The number of carbonyl (C=O) groups excluding carboxylic acids is 2. The van der Waals surface area contributed by atoms with Crippen molar-refractivity contribution >= 4 is 25.3 Å². The molecule has 1 heterocycles. The van der Waals surface area contributed by atoms with Gasteiger partial charge in [0.05, 0.1) is 14.2 Å². The Hall–Kier alpha value is -1.86. The number of nitrogens with one attached hydrogen (secondary N) is 1. The van der Waals surface area contributed by atoms with Crippen molar-refractivity contribution < 1.29 is 24.2 Å². The highest BCUT2D eigenvalue weighted by Gasteiger charge is 2.55. The molecule has 0 radical (unpaired) electrons. The van der Waals surface area contributed by atoms with Crippen molar-refractivity contribution in [3.63, 3.8) is 0 Å². The summed E-state index contributed by atoms with van der Waals surface area (Å²) in [4.78, 5) is 24.8. The molecule has 1 aromatic rings. The molecule has 0 unspecified atom stereocenters. The summed E-state index contributed by atoms with van der Waals surface area (Å²) in [5, 5.41) is 14.0. The van der Waals surface area contributed by atoms with Gasteiger partial charge in [-0.3, -0.25) is 0 Å². The van der Waals surface area contributed by atoms with Crippen LogP contribution in [0.4, 0.5) is 4.79 Å². The second-order valence-electron chi connectivity index (χ2n) is 8.38. The monoisotopic (exact) mass is 379 g/mol. The van der Waals surface area contributed by atoms with Gasteiger partial charge in [-0.1, -0.05) is 48.6 Å². The Morgan fingerprint density at radius 2 is 1.85 bits per heavy atom. The van der Waals surface area contributed by atoms with Gasteiger partial charge in [-0.25, -0.2) is 9.59 Å². The highest BCUT2D eigenvalue weighted by Crippen LogP contribution is 2.38. The Balaban J connectivity index is 2.35. The molecule has 7 heteroatoms. The Morgan fingerprint density at radius 1 is 1.27 bits per heavy atom. The number of carbonyl (C=O) groups is 2. The molecule has 0 aromatic heterocycles. The van der Waals surface area contributed by atoms with Crippen molar-refractivity contribution in [2.75, 3.05) is 0 Å². The Kier molecular flexibility index (Phi) is 5.82. The number of esters is 1. The average Bonchev–Trinajstić information content (AvgIpc) is 2.84. The zero-order chi connectivity index (χ0) is 19.7. The van der Waals surface area contributed by atoms with Gasteiger partial charge < -0.3 is 19.9 Å². The highest BCUT2D eigenvalue weighted by atomic mass is 28.3. The summed E-state index contributed by atoms with van der Waals surface area (Å²) in [6, 6.07) is 9.06. The number of aliphatic hydroxyl groups excluding tert-OH is 1. The fraction of sp³-hybridized carbons (Fsp3) is 0.579. The standard InChI is InChI=1S/C19H29NO5Si/c1-12(21)15-16(26(5,6)13-10-8-7-9-11-13)14(17(22)24-15)20-18(23)25-19(2,3)4/h7-12,14-16,21H,1-6H3,(H,20,23)/t12-,14+,15+,16-/m0/s1. The van der Waals surface area contributed by atoms with E-state index in [1.807, 2.05) is 30.3 Å². The molecule has 1 aliphatic heterocycles. The summed E-state index contributed by atoms with van der Waals surface area (Å²) in [5.41, 5.74) is -0.983. The van der Waals surface area contributed by atoms with Gasteiger partial charge in [0.25, 0.3) is 0 Å². The lowest BCUT2D eigenvalue weighted by atomic mass is 10.1. The van der Waals surface area contributed by atoms with E-state index in [9.17, 15) is 14.7 Å². The van der Waals surface area contributed by atoms with Gasteiger partial charge in [0.1, 0.15) is 17.7 Å². The van der Waals surface area contributed by atoms with E-state index in [4.69, 9.17) is 9.47 Å². The van der Waals surface area contributed by atoms with Crippen LogP contribution in [0.15, 0.2) is 30.3 Å². The van der Waals surface area contributed by atoms with Crippen LogP contribution in [0.3, 0.4) is 0 Å². The SMILES string of the molecule is C[C@H](O)[C@H]1OC(=O)[C@H](NC(=O)OC(C)(C)C)[C@@H]1[Si](C)(C)c1ccccc1. The summed E-state index contributed by atoms with van der Waals surface area (Å²) in [6.45, 7) is 11.1. The van der Waals surface area contributed by atoms with E-state index in [1.165, 1.54) is 0 Å². The van der Waals surface area contributed by atoms with E-state index in [-0.39, 0.29) is 5.54 Å². The Morgan fingerprint density at radius 3 is 2.35 bits per heavy atom.